The van der Waals surface area contributed by atoms with Crippen molar-refractivity contribution in [2.24, 2.45) is 5.92 Å². The van der Waals surface area contributed by atoms with Gasteiger partial charge in [0.1, 0.15) is 11.6 Å². The summed E-state index contributed by atoms with van der Waals surface area (Å²) in [5.74, 6) is 1.88. The van der Waals surface area contributed by atoms with Gasteiger partial charge in [-0.15, -0.1) is 10.2 Å². The highest BCUT2D eigenvalue weighted by Crippen LogP contribution is 2.24. The molecule has 1 aromatic carbocycles. The summed E-state index contributed by atoms with van der Waals surface area (Å²) in [4.78, 5) is 2.27. The van der Waals surface area contributed by atoms with Gasteiger partial charge < -0.3 is 9.67 Å². The fourth-order valence-corrected chi connectivity index (χ4v) is 4.22. The van der Waals surface area contributed by atoms with Crippen molar-refractivity contribution in [1.29, 1.82) is 0 Å². The van der Waals surface area contributed by atoms with Gasteiger partial charge in [0.2, 0.25) is 10.0 Å². The molecule has 0 radical (unpaired) electrons. The molecule has 0 fully saturated rings. The van der Waals surface area contributed by atoms with E-state index in [2.05, 4.69) is 19.8 Å². The molecular formula is C18H27N5O3S. The van der Waals surface area contributed by atoms with Gasteiger partial charge in [-0.25, -0.2) is 13.1 Å². The third kappa shape index (κ3) is 4.85. The number of para-hydroxylation sites is 1. The van der Waals surface area contributed by atoms with E-state index in [0.717, 1.165) is 37.2 Å². The van der Waals surface area contributed by atoms with Gasteiger partial charge in [-0.2, -0.15) is 0 Å². The first-order chi connectivity index (χ1) is 12.7. The second-order valence-corrected chi connectivity index (χ2v) is 9.17. The highest BCUT2D eigenvalue weighted by atomic mass is 32.2. The van der Waals surface area contributed by atoms with Gasteiger partial charge in [0.15, 0.2) is 5.82 Å². The normalized spacial score (nSPS) is 16.9. The predicted octanol–water partition coefficient (Wildman–Crippen LogP) is 1.29. The fraction of sp³-hybridized carbons (Fsp3) is 0.556. The van der Waals surface area contributed by atoms with Crippen molar-refractivity contribution >= 4 is 10.0 Å². The molecule has 0 spiro atoms. The average molecular weight is 394 g/mol. The van der Waals surface area contributed by atoms with Crippen molar-refractivity contribution in [3.05, 3.63) is 41.5 Å². The standard InChI is InChI=1S/C18H27N5O3S/c1-13(2)17(21-27(3,25)26)18-20-19-16-8-9-22(10-11-23(16)18)12-14-6-4-5-7-15(14)24/h4-7,13,17,21,24H,8-12H2,1-3H3/t17-/m1/s1. The molecule has 2 heterocycles. The van der Waals surface area contributed by atoms with Crippen molar-refractivity contribution < 1.29 is 13.5 Å². The first kappa shape index (κ1) is 19.8. The minimum atomic E-state index is -3.36. The number of rotatable bonds is 6. The molecule has 0 amide bonds. The monoisotopic (exact) mass is 393 g/mol. The quantitative estimate of drug-likeness (QED) is 0.767. The molecular weight excluding hydrogens is 366 g/mol. The summed E-state index contributed by atoms with van der Waals surface area (Å²) in [6.07, 6.45) is 1.89. The van der Waals surface area contributed by atoms with E-state index in [1.54, 1.807) is 6.07 Å². The lowest BCUT2D eigenvalue weighted by Crippen LogP contribution is -2.33. The molecule has 0 saturated heterocycles. The Balaban J connectivity index is 1.77. The predicted molar refractivity (Wildman–Crippen MR) is 103 cm³/mol. The number of phenolic OH excluding ortho intramolecular Hbond substituents is 1. The molecule has 9 heteroatoms. The Kier molecular flexibility index (Phi) is 5.83. The molecule has 0 unspecified atom stereocenters. The molecule has 3 rings (SSSR count). The first-order valence-electron chi connectivity index (χ1n) is 9.13. The lowest BCUT2D eigenvalue weighted by molar-refractivity contribution is 0.265. The summed E-state index contributed by atoms with van der Waals surface area (Å²) >= 11 is 0. The zero-order valence-corrected chi connectivity index (χ0v) is 16.8. The van der Waals surface area contributed by atoms with Crippen LogP contribution in [-0.4, -0.2) is 52.5 Å². The number of nitrogens with one attached hydrogen (secondary N) is 1. The Morgan fingerprint density at radius 1 is 1.19 bits per heavy atom. The molecule has 1 atom stereocenters. The third-order valence-electron chi connectivity index (χ3n) is 4.82. The van der Waals surface area contributed by atoms with Crippen LogP contribution < -0.4 is 4.72 Å². The summed E-state index contributed by atoms with van der Waals surface area (Å²) in [7, 11) is -3.36. The van der Waals surface area contributed by atoms with Gasteiger partial charge in [-0.3, -0.25) is 4.90 Å². The molecule has 2 N–H and O–H groups in total. The summed E-state index contributed by atoms with van der Waals surface area (Å²) in [5, 5.41) is 18.6. The van der Waals surface area contributed by atoms with E-state index in [1.807, 2.05) is 36.6 Å². The zero-order valence-electron chi connectivity index (χ0n) is 16.0. The van der Waals surface area contributed by atoms with E-state index in [1.165, 1.54) is 0 Å². The number of fused-ring (bicyclic) bond motifs is 1. The molecule has 1 aliphatic heterocycles. The smallest absolute Gasteiger partial charge is 0.209 e. The highest BCUT2D eigenvalue weighted by Gasteiger charge is 2.28. The molecule has 0 saturated carbocycles. The lowest BCUT2D eigenvalue weighted by Gasteiger charge is -2.22. The Morgan fingerprint density at radius 2 is 1.93 bits per heavy atom. The van der Waals surface area contributed by atoms with Crippen LogP contribution in [0.4, 0.5) is 0 Å². The Morgan fingerprint density at radius 3 is 2.59 bits per heavy atom. The van der Waals surface area contributed by atoms with Gasteiger partial charge in [0, 0.05) is 38.2 Å². The second-order valence-electron chi connectivity index (χ2n) is 7.39. The highest BCUT2D eigenvalue weighted by molar-refractivity contribution is 7.88. The van der Waals surface area contributed by atoms with Crippen LogP contribution in [0, 0.1) is 5.92 Å². The van der Waals surface area contributed by atoms with Crippen LogP contribution in [0.15, 0.2) is 24.3 Å². The van der Waals surface area contributed by atoms with E-state index in [4.69, 9.17) is 0 Å². The summed E-state index contributed by atoms with van der Waals surface area (Å²) in [5.41, 5.74) is 0.897. The maximum absolute atomic E-state index is 11.8. The number of hydrogen-bond acceptors (Lipinski definition) is 6. The molecule has 0 bridgehead atoms. The Hall–Kier alpha value is -1.97. The Labute approximate surface area is 160 Å². The third-order valence-corrected chi connectivity index (χ3v) is 5.50. The van der Waals surface area contributed by atoms with E-state index in [-0.39, 0.29) is 5.92 Å². The van der Waals surface area contributed by atoms with Gasteiger partial charge in [0.05, 0.1) is 12.3 Å². The minimum absolute atomic E-state index is 0.0497. The molecule has 8 nitrogen and oxygen atoms in total. The number of nitrogens with zero attached hydrogens (tertiary/aromatic N) is 4. The largest absolute Gasteiger partial charge is 0.508 e. The van der Waals surface area contributed by atoms with Crippen LogP contribution in [0.1, 0.15) is 37.1 Å². The van der Waals surface area contributed by atoms with Gasteiger partial charge in [-0.1, -0.05) is 32.0 Å². The topological polar surface area (TPSA) is 100 Å². The number of hydrogen-bond donors (Lipinski definition) is 2. The van der Waals surface area contributed by atoms with Crippen LogP contribution in [0.3, 0.4) is 0 Å². The van der Waals surface area contributed by atoms with Crippen molar-refractivity contribution in [3.8, 4) is 5.75 Å². The summed E-state index contributed by atoms with van der Waals surface area (Å²) in [6, 6.07) is 6.95. The van der Waals surface area contributed by atoms with E-state index in [0.29, 0.717) is 24.7 Å². The van der Waals surface area contributed by atoms with E-state index in [9.17, 15) is 13.5 Å². The van der Waals surface area contributed by atoms with Crippen LogP contribution in [0.2, 0.25) is 0 Å². The number of sulfonamides is 1. The maximum Gasteiger partial charge on any atom is 0.209 e. The average Bonchev–Trinajstić information content (AvgIpc) is 2.88. The molecule has 148 valence electrons. The molecule has 2 aromatic rings. The van der Waals surface area contributed by atoms with E-state index < -0.39 is 16.1 Å². The van der Waals surface area contributed by atoms with E-state index >= 15 is 0 Å². The number of phenols is 1. The van der Waals surface area contributed by atoms with Crippen molar-refractivity contribution in [2.75, 3.05) is 19.3 Å². The Bertz CT molecular complexity index is 894. The van der Waals surface area contributed by atoms with Crippen LogP contribution in [0.25, 0.3) is 0 Å². The molecule has 0 aliphatic carbocycles. The lowest BCUT2D eigenvalue weighted by atomic mass is 10.1. The molecule has 1 aromatic heterocycles. The van der Waals surface area contributed by atoms with Gasteiger partial charge in [-0.05, 0) is 12.0 Å². The zero-order chi connectivity index (χ0) is 19.6. The fourth-order valence-electron chi connectivity index (χ4n) is 3.38. The maximum atomic E-state index is 11.8. The number of benzene rings is 1. The van der Waals surface area contributed by atoms with Gasteiger partial charge >= 0.3 is 0 Å². The molecule has 1 aliphatic rings. The van der Waals surface area contributed by atoms with Crippen molar-refractivity contribution in [3.63, 3.8) is 0 Å². The van der Waals surface area contributed by atoms with Crippen LogP contribution in [0.5, 0.6) is 5.75 Å². The summed E-state index contributed by atoms with van der Waals surface area (Å²) < 4.78 is 28.3. The van der Waals surface area contributed by atoms with Crippen molar-refractivity contribution in [2.45, 2.75) is 39.4 Å². The SMILES string of the molecule is CC(C)[C@@H](NS(C)(=O)=O)c1nnc2n1CCN(Cc1ccccc1O)CC2. The van der Waals surface area contributed by atoms with Gasteiger partial charge in [0.25, 0.3) is 0 Å². The number of aromatic hydroxyl groups is 1. The second kappa shape index (κ2) is 7.95. The van der Waals surface area contributed by atoms with Crippen LogP contribution in [-0.2, 0) is 29.5 Å². The number of aromatic nitrogens is 3. The minimum Gasteiger partial charge on any atom is -0.508 e. The molecule has 27 heavy (non-hydrogen) atoms. The van der Waals surface area contributed by atoms with Crippen molar-refractivity contribution in [1.82, 2.24) is 24.4 Å². The first-order valence-corrected chi connectivity index (χ1v) is 11.0. The van der Waals surface area contributed by atoms with Crippen LogP contribution >= 0.6 is 0 Å². The summed E-state index contributed by atoms with van der Waals surface area (Å²) in [6.45, 7) is 6.85.